The van der Waals surface area contributed by atoms with Crippen molar-refractivity contribution in [3.8, 4) is 0 Å². The number of hydrogen-bond acceptors (Lipinski definition) is 2. The van der Waals surface area contributed by atoms with Crippen molar-refractivity contribution in [3.63, 3.8) is 0 Å². The van der Waals surface area contributed by atoms with Crippen molar-refractivity contribution in [2.75, 3.05) is 0 Å². The smallest absolute Gasteiger partial charge is 0.160 e. The van der Waals surface area contributed by atoms with Crippen molar-refractivity contribution in [1.29, 1.82) is 0 Å². The Hall–Kier alpha value is -1.09. The Morgan fingerprint density at radius 1 is 1.40 bits per heavy atom. The molecule has 106 valence electrons. The molecule has 0 spiro atoms. The minimum Gasteiger partial charge on any atom is -0.311 e. The molecule has 2 aromatic heterocycles. The van der Waals surface area contributed by atoms with E-state index in [4.69, 9.17) is 11.6 Å². The second kappa shape index (κ2) is 4.73. The largest absolute Gasteiger partial charge is 0.311 e. The molecule has 4 rings (SSSR count). The molecule has 0 aromatic carbocycles. The number of hydrogen-bond donors (Lipinski definition) is 0. The van der Waals surface area contributed by atoms with E-state index in [1.54, 1.807) is 0 Å². The van der Waals surface area contributed by atoms with E-state index in [2.05, 4.69) is 14.5 Å². The molecule has 2 aliphatic rings. The second-order valence-electron chi connectivity index (χ2n) is 6.48. The van der Waals surface area contributed by atoms with Gasteiger partial charge >= 0.3 is 0 Å². The summed E-state index contributed by atoms with van der Waals surface area (Å²) in [6.45, 7) is 3.04. The molecule has 0 saturated heterocycles. The lowest BCUT2D eigenvalue weighted by Crippen LogP contribution is -2.19. The number of fused-ring (bicyclic) bond motifs is 3. The van der Waals surface area contributed by atoms with Crippen LogP contribution in [-0.2, 0) is 6.54 Å². The van der Waals surface area contributed by atoms with Crippen LogP contribution in [0.1, 0.15) is 43.8 Å². The summed E-state index contributed by atoms with van der Waals surface area (Å²) in [7, 11) is 0. The first-order valence-electron chi connectivity index (χ1n) is 7.67. The molecule has 20 heavy (non-hydrogen) atoms. The number of aromatic nitrogens is 3. The number of pyridine rings is 1. The molecule has 0 radical (unpaired) electrons. The summed E-state index contributed by atoms with van der Waals surface area (Å²) >= 11 is 6.33. The average Bonchev–Trinajstić information content (AvgIpc) is 3.13. The van der Waals surface area contributed by atoms with Crippen LogP contribution in [0.15, 0.2) is 18.3 Å². The topological polar surface area (TPSA) is 30.7 Å². The zero-order chi connectivity index (χ0) is 13.7. The van der Waals surface area contributed by atoms with Crippen molar-refractivity contribution in [2.45, 2.75) is 44.5 Å². The lowest BCUT2D eigenvalue weighted by molar-refractivity contribution is 0.295. The third-order valence-corrected chi connectivity index (χ3v) is 5.39. The van der Waals surface area contributed by atoms with E-state index in [1.165, 1.54) is 25.7 Å². The highest BCUT2D eigenvalue weighted by Crippen LogP contribution is 2.49. The predicted molar refractivity (Wildman–Crippen MR) is 80.7 cm³/mol. The van der Waals surface area contributed by atoms with Gasteiger partial charge in [0, 0.05) is 12.7 Å². The molecule has 0 amide bonds. The summed E-state index contributed by atoms with van der Waals surface area (Å²) < 4.78 is 2.28. The van der Waals surface area contributed by atoms with Crippen molar-refractivity contribution in [3.05, 3.63) is 24.2 Å². The first-order valence-corrected chi connectivity index (χ1v) is 8.11. The Kier molecular flexibility index (Phi) is 2.99. The fourth-order valence-corrected chi connectivity index (χ4v) is 4.46. The number of alkyl halides is 1. The molecule has 2 heterocycles. The van der Waals surface area contributed by atoms with Crippen LogP contribution in [0, 0.1) is 17.8 Å². The van der Waals surface area contributed by atoms with Crippen LogP contribution in [0.25, 0.3) is 11.2 Å². The molecule has 0 N–H and O–H groups in total. The number of nitrogens with zero attached hydrogens (tertiary/aromatic N) is 3. The highest BCUT2D eigenvalue weighted by Gasteiger charge is 2.39. The van der Waals surface area contributed by atoms with Crippen LogP contribution < -0.4 is 0 Å². The predicted octanol–water partition coefficient (Wildman–Crippen LogP) is 4.17. The van der Waals surface area contributed by atoms with E-state index in [0.717, 1.165) is 41.3 Å². The standard InChI is InChI=1S/C16H20ClN3/c1-10(17)15-19-14-3-2-6-18-16(14)20(15)9-13-8-11-4-5-12(13)7-11/h2-3,6,10-13H,4-5,7-9H2,1H3. The lowest BCUT2D eigenvalue weighted by atomic mass is 9.89. The molecular formula is C16H20ClN3. The summed E-state index contributed by atoms with van der Waals surface area (Å²) in [5.41, 5.74) is 1.97. The van der Waals surface area contributed by atoms with Gasteiger partial charge in [-0.25, -0.2) is 9.97 Å². The monoisotopic (exact) mass is 289 g/mol. The Morgan fingerprint density at radius 3 is 3.00 bits per heavy atom. The van der Waals surface area contributed by atoms with E-state index < -0.39 is 0 Å². The van der Waals surface area contributed by atoms with E-state index >= 15 is 0 Å². The Labute approximate surface area is 124 Å². The van der Waals surface area contributed by atoms with Gasteiger partial charge in [-0.3, -0.25) is 0 Å². The first kappa shape index (κ1) is 12.6. The van der Waals surface area contributed by atoms with Gasteiger partial charge in [0.05, 0.1) is 5.38 Å². The van der Waals surface area contributed by atoms with Crippen molar-refractivity contribution in [1.82, 2.24) is 14.5 Å². The molecule has 4 atom stereocenters. The maximum Gasteiger partial charge on any atom is 0.160 e. The lowest BCUT2D eigenvalue weighted by Gasteiger charge is -2.23. The Bertz CT molecular complexity index is 634. The summed E-state index contributed by atoms with van der Waals surface area (Å²) in [6.07, 6.45) is 7.54. The van der Waals surface area contributed by atoms with Crippen molar-refractivity contribution < 1.29 is 0 Å². The van der Waals surface area contributed by atoms with Gasteiger partial charge < -0.3 is 4.57 Å². The SMILES string of the molecule is CC(Cl)c1nc2cccnc2n1CC1CC2CCC1C2. The average molecular weight is 290 g/mol. The second-order valence-corrected chi connectivity index (χ2v) is 7.13. The van der Waals surface area contributed by atoms with Crippen LogP contribution in [0.3, 0.4) is 0 Å². The third kappa shape index (κ3) is 1.95. The van der Waals surface area contributed by atoms with Gasteiger partial charge in [-0.05, 0) is 56.1 Å². The van der Waals surface area contributed by atoms with Crippen molar-refractivity contribution >= 4 is 22.8 Å². The maximum atomic E-state index is 6.33. The molecule has 3 nitrogen and oxygen atoms in total. The van der Waals surface area contributed by atoms with E-state index in [1.807, 2.05) is 25.3 Å². The highest BCUT2D eigenvalue weighted by atomic mass is 35.5. The van der Waals surface area contributed by atoms with Gasteiger partial charge in [-0.15, -0.1) is 11.6 Å². The molecule has 2 aromatic rings. The van der Waals surface area contributed by atoms with Crippen molar-refractivity contribution in [2.24, 2.45) is 17.8 Å². The zero-order valence-corrected chi connectivity index (χ0v) is 12.6. The first-order chi connectivity index (χ1) is 9.72. The molecule has 4 heteroatoms. The normalized spacial score (nSPS) is 30.2. The van der Waals surface area contributed by atoms with Crippen LogP contribution in [-0.4, -0.2) is 14.5 Å². The van der Waals surface area contributed by atoms with Gasteiger partial charge in [0.15, 0.2) is 5.65 Å². The third-order valence-electron chi connectivity index (χ3n) is 5.19. The summed E-state index contributed by atoms with van der Waals surface area (Å²) in [6, 6.07) is 3.97. The molecule has 2 bridgehead atoms. The number of imidazole rings is 1. The van der Waals surface area contributed by atoms with E-state index in [9.17, 15) is 0 Å². The summed E-state index contributed by atoms with van der Waals surface area (Å²) in [5, 5.41) is -0.0669. The summed E-state index contributed by atoms with van der Waals surface area (Å²) in [4.78, 5) is 9.22. The minimum absolute atomic E-state index is 0.0669. The number of rotatable bonds is 3. The fourth-order valence-electron chi connectivity index (χ4n) is 4.29. The highest BCUT2D eigenvalue weighted by molar-refractivity contribution is 6.20. The van der Waals surface area contributed by atoms with Crippen LogP contribution in [0.2, 0.25) is 0 Å². The van der Waals surface area contributed by atoms with Crippen LogP contribution >= 0.6 is 11.6 Å². The maximum absolute atomic E-state index is 6.33. The van der Waals surface area contributed by atoms with E-state index in [0.29, 0.717) is 0 Å². The van der Waals surface area contributed by atoms with Gasteiger partial charge in [0.1, 0.15) is 11.3 Å². The zero-order valence-electron chi connectivity index (χ0n) is 11.8. The Balaban J connectivity index is 1.72. The summed E-state index contributed by atoms with van der Waals surface area (Å²) in [5.74, 6) is 3.66. The quantitative estimate of drug-likeness (QED) is 0.794. The molecule has 2 aliphatic carbocycles. The minimum atomic E-state index is -0.0669. The van der Waals surface area contributed by atoms with Gasteiger partial charge in [-0.1, -0.05) is 6.42 Å². The Morgan fingerprint density at radius 2 is 2.30 bits per heavy atom. The molecular weight excluding hydrogens is 270 g/mol. The van der Waals surface area contributed by atoms with Crippen LogP contribution in [0.5, 0.6) is 0 Å². The number of halogens is 1. The van der Waals surface area contributed by atoms with Crippen LogP contribution in [0.4, 0.5) is 0 Å². The molecule has 2 fully saturated rings. The fraction of sp³-hybridized carbons (Fsp3) is 0.625. The van der Waals surface area contributed by atoms with E-state index in [-0.39, 0.29) is 5.38 Å². The molecule has 4 unspecified atom stereocenters. The molecule has 2 saturated carbocycles. The van der Waals surface area contributed by atoms with Gasteiger partial charge in [0.2, 0.25) is 0 Å². The molecule has 0 aliphatic heterocycles. The van der Waals surface area contributed by atoms with Gasteiger partial charge in [0.25, 0.3) is 0 Å². The van der Waals surface area contributed by atoms with Gasteiger partial charge in [-0.2, -0.15) is 0 Å².